The smallest absolute Gasteiger partial charge is 0.196 e. The minimum absolute atomic E-state index is 0.0477. The van der Waals surface area contributed by atoms with E-state index < -0.39 is 5.78 Å². The van der Waals surface area contributed by atoms with E-state index in [1.54, 1.807) is 42.5 Å². The Labute approximate surface area is 157 Å². The van der Waals surface area contributed by atoms with Crippen molar-refractivity contribution >= 4 is 11.6 Å². The zero-order valence-corrected chi connectivity index (χ0v) is 15.1. The van der Waals surface area contributed by atoms with E-state index in [1.807, 2.05) is 13.8 Å². The molecule has 0 aliphatic carbocycles. The predicted molar refractivity (Wildman–Crippen MR) is 104 cm³/mol. The lowest BCUT2D eigenvalue weighted by Gasteiger charge is -2.11. The molecular weight excluding hydrogens is 340 g/mol. The summed E-state index contributed by atoms with van der Waals surface area (Å²) >= 11 is 0. The van der Waals surface area contributed by atoms with Gasteiger partial charge in [-0.1, -0.05) is 50.2 Å². The minimum Gasteiger partial charge on any atom is -0.507 e. The molecule has 0 atom stereocenters. The minimum atomic E-state index is -0.405. The van der Waals surface area contributed by atoms with E-state index in [9.17, 15) is 19.8 Å². The number of rotatable bonds is 5. The largest absolute Gasteiger partial charge is 0.507 e. The van der Waals surface area contributed by atoms with Crippen molar-refractivity contribution in [3.63, 3.8) is 0 Å². The standard InChI is InChI=1S/C23H20O4/c1-14(2)16-8-10-20(24)18(12-16)23(27)17-9-11-21(25)19(13-17)22(26)15-6-4-3-5-7-15/h3-14,24-25H,1-2H3. The van der Waals surface area contributed by atoms with Crippen LogP contribution in [-0.4, -0.2) is 21.8 Å². The first-order chi connectivity index (χ1) is 12.9. The Balaban J connectivity index is 2.03. The fourth-order valence-corrected chi connectivity index (χ4v) is 2.85. The molecule has 2 N–H and O–H groups in total. The third-order valence-electron chi connectivity index (χ3n) is 4.47. The van der Waals surface area contributed by atoms with Crippen LogP contribution in [0.1, 0.15) is 57.2 Å². The molecule has 4 nitrogen and oxygen atoms in total. The summed E-state index contributed by atoms with van der Waals surface area (Å²) < 4.78 is 0. The highest BCUT2D eigenvalue weighted by molar-refractivity contribution is 6.15. The van der Waals surface area contributed by atoms with Crippen molar-refractivity contribution in [3.05, 3.63) is 94.5 Å². The van der Waals surface area contributed by atoms with Crippen LogP contribution in [0.3, 0.4) is 0 Å². The summed E-state index contributed by atoms with van der Waals surface area (Å²) in [7, 11) is 0. The van der Waals surface area contributed by atoms with Gasteiger partial charge in [-0.15, -0.1) is 0 Å². The van der Waals surface area contributed by atoms with Crippen molar-refractivity contribution in [1.82, 2.24) is 0 Å². The monoisotopic (exact) mass is 360 g/mol. The fraction of sp³-hybridized carbons (Fsp3) is 0.130. The van der Waals surface area contributed by atoms with Crippen LogP contribution in [0.5, 0.6) is 11.5 Å². The summed E-state index contributed by atoms with van der Waals surface area (Å²) in [6.07, 6.45) is 0. The number of carbonyl (C=O) groups is 2. The van der Waals surface area contributed by atoms with Gasteiger partial charge in [0.2, 0.25) is 0 Å². The molecular formula is C23H20O4. The molecule has 0 spiro atoms. The third kappa shape index (κ3) is 3.75. The molecule has 0 bridgehead atoms. The first kappa shape index (κ1) is 18.4. The molecule has 3 aromatic carbocycles. The van der Waals surface area contributed by atoms with Crippen LogP contribution in [0, 0.1) is 0 Å². The van der Waals surface area contributed by atoms with Crippen molar-refractivity contribution in [3.8, 4) is 11.5 Å². The maximum atomic E-state index is 12.9. The van der Waals surface area contributed by atoms with Crippen LogP contribution in [-0.2, 0) is 0 Å². The number of aromatic hydroxyl groups is 2. The van der Waals surface area contributed by atoms with Gasteiger partial charge >= 0.3 is 0 Å². The van der Waals surface area contributed by atoms with Crippen molar-refractivity contribution < 1.29 is 19.8 Å². The maximum Gasteiger partial charge on any atom is 0.196 e. The molecule has 0 aliphatic rings. The summed E-state index contributed by atoms with van der Waals surface area (Å²) in [4.78, 5) is 25.6. The van der Waals surface area contributed by atoms with E-state index >= 15 is 0 Å². The van der Waals surface area contributed by atoms with Crippen LogP contribution in [0.15, 0.2) is 66.7 Å². The lowest BCUT2D eigenvalue weighted by Crippen LogP contribution is -2.07. The second-order valence-electron chi connectivity index (χ2n) is 6.69. The maximum absolute atomic E-state index is 12.9. The lowest BCUT2D eigenvalue weighted by atomic mass is 9.94. The van der Waals surface area contributed by atoms with Crippen LogP contribution >= 0.6 is 0 Å². The summed E-state index contributed by atoms with van der Waals surface area (Å²) in [5.74, 6) is -0.888. The molecule has 0 saturated carbocycles. The molecule has 4 heteroatoms. The van der Waals surface area contributed by atoms with Gasteiger partial charge < -0.3 is 10.2 Å². The Kier molecular flexibility index (Phi) is 5.08. The van der Waals surface area contributed by atoms with Gasteiger partial charge in [0.15, 0.2) is 11.6 Å². The van der Waals surface area contributed by atoms with E-state index in [0.717, 1.165) is 5.56 Å². The number of phenols is 2. The van der Waals surface area contributed by atoms with Gasteiger partial charge in [0.1, 0.15) is 11.5 Å². The molecule has 3 rings (SSSR count). The molecule has 0 radical (unpaired) electrons. The number of hydrogen-bond acceptors (Lipinski definition) is 4. The van der Waals surface area contributed by atoms with Gasteiger partial charge in [-0.05, 0) is 41.8 Å². The summed E-state index contributed by atoms with van der Waals surface area (Å²) in [5.41, 5.74) is 1.79. The second-order valence-corrected chi connectivity index (χ2v) is 6.69. The molecule has 0 unspecified atom stereocenters. The topological polar surface area (TPSA) is 74.6 Å². The summed E-state index contributed by atoms with van der Waals surface area (Å²) in [6.45, 7) is 4.00. The first-order valence-corrected chi connectivity index (χ1v) is 8.69. The van der Waals surface area contributed by atoms with Gasteiger partial charge in [-0.2, -0.15) is 0 Å². The summed E-state index contributed by atoms with van der Waals surface area (Å²) in [6, 6.07) is 17.6. The quantitative estimate of drug-likeness (QED) is 0.648. The number of ketones is 2. The van der Waals surface area contributed by atoms with Crippen molar-refractivity contribution in [2.75, 3.05) is 0 Å². The molecule has 0 aromatic heterocycles. The predicted octanol–water partition coefficient (Wildman–Crippen LogP) is 4.68. The van der Waals surface area contributed by atoms with Crippen molar-refractivity contribution in [2.24, 2.45) is 0 Å². The van der Waals surface area contributed by atoms with E-state index in [1.165, 1.54) is 24.3 Å². The van der Waals surface area contributed by atoms with Gasteiger partial charge in [0.05, 0.1) is 11.1 Å². The number of hydrogen-bond donors (Lipinski definition) is 2. The molecule has 0 amide bonds. The molecule has 136 valence electrons. The molecule has 0 saturated heterocycles. The summed E-state index contributed by atoms with van der Waals surface area (Å²) in [5, 5.41) is 20.2. The zero-order chi connectivity index (χ0) is 19.6. The molecule has 0 fully saturated rings. The van der Waals surface area contributed by atoms with Crippen LogP contribution < -0.4 is 0 Å². The molecule has 0 heterocycles. The van der Waals surface area contributed by atoms with Crippen LogP contribution in [0.4, 0.5) is 0 Å². The van der Waals surface area contributed by atoms with E-state index in [2.05, 4.69) is 0 Å². The van der Waals surface area contributed by atoms with Gasteiger partial charge in [0, 0.05) is 11.1 Å². The number of carbonyl (C=O) groups excluding carboxylic acids is 2. The Morgan fingerprint density at radius 1 is 0.704 bits per heavy atom. The van der Waals surface area contributed by atoms with Crippen LogP contribution in [0.2, 0.25) is 0 Å². The second kappa shape index (κ2) is 7.46. The van der Waals surface area contributed by atoms with Gasteiger partial charge in [0.25, 0.3) is 0 Å². The van der Waals surface area contributed by atoms with E-state index in [0.29, 0.717) is 5.56 Å². The molecule has 27 heavy (non-hydrogen) atoms. The van der Waals surface area contributed by atoms with E-state index in [4.69, 9.17) is 0 Å². The Morgan fingerprint density at radius 3 is 1.89 bits per heavy atom. The fourth-order valence-electron chi connectivity index (χ4n) is 2.85. The third-order valence-corrected chi connectivity index (χ3v) is 4.47. The van der Waals surface area contributed by atoms with Crippen molar-refractivity contribution in [2.45, 2.75) is 19.8 Å². The van der Waals surface area contributed by atoms with E-state index in [-0.39, 0.29) is 39.9 Å². The van der Waals surface area contributed by atoms with Crippen LogP contribution in [0.25, 0.3) is 0 Å². The SMILES string of the molecule is CC(C)c1ccc(O)c(C(=O)c2ccc(O)c(C(=O)c3ccccc3)c2)c1. The van der Waals surface area contributed by atoms with Crippen molar-refractivity contribution in [1.29, 1.82) is 0 Å². The average Bonchev–Trinajstić information content (AvgIpc) is 2.68. The molecule has 3 aromatic rings. The average molecular weight is 360 g/mol. The first-order valence-electron chi connectivity index (χ1n) is 8.69. The highest BCUT2D eigenvalue weighted by atomic mass is 16.3. The Bertz CT molecular complexity index is 1000. The Hall–Kier alpha value is -3.40. The lowest BCUT2D eigenvalue weighted by molar-refractivity contribution is 0.103. The molecule has 0 aliphatic heterocycles. The number of benzene rings is 3. The van der Waals surface area contributed by atoms with Gasteiger partial charge in [-0.3, -0.25) is 9.59 Å². The normalized spacial score (nSPS) is 10.8. The highest BCUT2D eigenvalue weighted by Gasteiger charge is 2.19. The van der Waals surface area contributed by atoms with Gasteiger partial charge in [-0.25, -0.2) is 0 Å². The Morgan fingerprint density at radius 2 is 1.26 bits per heavy atom. The highest BCUT2D eigenvalue weighted by Crippen LogP contribution is 2.28. The number of phenolic OH excluding ortho intramolecular Hbond substituents is 2. The zero-order valence-electron chi connectivity index (χ0n) is 15.1.